The van der Waals surface area contributed by atoms with E-state index < -0.39 is 5.97 Å². The minimum absolute atomic E-state index is 0.137. The van der Waals surface area contributed by atoms with E-state index in [0.29, 0.717) is 24.1 Å². The highest BCUT2D eigenvalue weighted by Crippen LogP contribution is 2.31. The Bertz CT molecular complexity index is 1370. The number of nitrogens with one attached hydrogen (secondary N) is 1. The molecule has 0 saturated heterocycles. The van der Waals surface area contributed by atoms with Gasteiger partial charge in [0.2, 0.25) is 0 Å². The first-order valence-electron chi connectivity index (χ1n) is 11.6. The third kappa shape index (κ3) is 4.25. The lowest BCUT2D eigenvalue weighted by Gasteiger charge is -2.18. The van der Waals surface area contributed by atoms with Crippen LogP contribution in [0.3, 0.4) is 0 Å². The Morgan fingerprint density at radius 2 is 1.62 bits per heavy atom. The first kappa shape index (κ1) is 21.7. The van der Waals surface area contributed by atoms with E-state index in [2.05, 4.69) is 17.1 Å². The Morgan fingerprint density at radius 3 is 2.38 bits per heavy atom. The fourth-order valence-electron chi connectivity index (χ4n) is 4.49. The van der Waals surface area contributed by atoms with Crippen molar-refractivity contribution in [1.29, 1.82) is 0 Å². The third-order valence-corrected chi connectivity index (χ3v) is 6.18. The van der Waals surface area contributed by atoms with Crippen LogP contribution < -0.4 is 0 Å². The Hall–Kier alpha value is -4.12. The first-order valence-corrected chi connectivity index (χ1v) is 11.6. The van der Waals surface area contributed by atoms with Crippen LogP contribution in [0.5, 0.6) is 0 Å². The lowest BCUT2D eigenvalue weighted by Crippen LogP contribution is -2.28. The Labute approximate surface area is 198 Å². The van der Waals surface area contributed by atoms with Gasteiger partial charge in [-0.05, 0) is 54.7 Å². The van der Waals surface area contributed by atoms with Crippen LogP contribution in [-0.4, -0.2) is 34.9 Å². The van der Waals surface area contributed by atoms with Crippen LogP contribution in [0.1, 0.15) is 39.7 Å². The third-order valence-electron chi connectivity index (χ3n) is 6.18. The second kappa shape index (κ2) is 9.40. The van der Waals surface area contributed by atoms with Crippen molar-refractivity contribution >= 4 is 28.4 Å². The zero-order valence-electron chi connectivity index (χ0n) is 19.1. The molecule has 1 aromatic heterocycles. The molecule has 34 heavy (non-hydrogen) atoms. The minimum atomic E-state index is -0.437. The Kier molecular flexibility index (Phi) is 6.00. The highest BCUT2D eigenvalue weighted by molar-refractivity contribution is 6.18. The molecule has 4 aromatic rings. The molecule has 0 unspecified atom stereocenters. The van der Waals surface area contributed by atoms with Crippen LogP contribution in [0.25, 0.3) is 16.5 Å². The summed E-state index contributed by atoms with van der Waals surface area (Å²) in [5.41, 5.74) is 6.06. The topological polar surface area (TPSA) is 62.4 Å². The number of carbonyl (C=O) groups is 2. The second-order valence-corrected chi connectivity index (χ2v) is 8.40. The summed E-state index contributed by atoms with van der Waals surface area (Å²) in [6.07, 6.45) is 3.09. The SMILES string of the molecule is CCOC(=O)C1=CN(C(=O)c2ccc(Cc3ccccc3)cc2)CCc2c1[nH]c1ccccc21. The normalized spacial score (nSPS) is 13.2. The van der Waals surface area contributed by atoms with E-state index in [9.17, 15) is 9.59 Å². The van der Waals surface area contributed by atoms with Crippen molar-refractivity contribution in [3.05, 3.63) is 113 Å². The number of carbonyl (C=O) groups excluding carboxylic acids is 2. The van der Waals surface area contributed by atoms with Crippen LogP contribution in [0.15, 0.2) is 85.1 Å². The Morgan fingerprint density at radius 1 is 0.912 bits per heavy atom. The number of fused-ring (bicyclic) bond motifs is 3. The van der Waals surface area contributed by atoms with Crippen LogP contribution >= 0.6 is 0 Å². The predicted molar refractivity (Wildman–Crippen MR) is 133 cm³/mol. The molecule has 1 aliphatic heterocycles. The molecule has 1 aliphatic rings. The molecule has 0 atom stereocenters. The van der Waals surface area contributed by atoms with Crippen molar-refractivity contribution in [3.8, 4) is 0 Å². The van der Waals surface area contributed by atoms with Gasteiger partial charge in [-0.1, -0.05) is 60.7 Å². The van der Waals surface area contributed by atoms with Crippen molar-refractivity contribution in [3.63, 3.8) is 0 Å². The molecule has 5 nitrogen and oxygen atoms in total. The highest BCUT2D eigenvalue weighted by atomic mass is 16.5. The molecular weight excluding hydrogens is 424 g/mol. The summed E-state index contributed by atoms with van der Waals surface area (Å²) >= 11 is 0. The summed E-state index contributed by atoms with van der Waals surface area (Å²) in [5, 5.41) is 1.06. The van der Waals surface area contributed by atoms with Crippen LogP contribution in [0.2, 0.25) is 0 Å². The van der Waals surface area contributed by atoms with Gasteiger partial charge in [0.25, 0.3) is 5.91 Å². The van der Waals surface area contributed by atoms with Gasteiger partial charge < -0.3 is 14.6 Å². The number of amides is 1. The van der Waals surface area contributed by atoms with Gasteiger partial charge in [0, 0.05) is 29.2 Å². The summed E-state index contributed by atoms with van der Waals surface area (Å²) in [6.45, 7) is 2.52. The summed E-state index contributed by atoms with van der Waals surface area (Å²) in [5.74, 6) is -0.573. The zero-order valence-corrected chi connectivity index (χ0v) is 19.1. The number of H-pyrrole nitrogens is 1. The predicted octanol–water partition coefficient (Wildman–Crippen LogP) is 5.36. The lowest BCUT2D eigenvalue weighted by atomic mass is 10.0. The number of aromatic amines is 1. The number of benzene rings is 3. The highest BCUT2D eigenvalue weighted by Gasteiger charge is 2.27. The second-order valence-electron chi connectivity index (χ2n) is 8.40. The van der Waals surface area contributed by atoms with Crippen LogP contribution in [0, 0.1) is 0 Å². The molecule has 2 heterocycles. The number of hydrogen-bond acceptors (Lipinski definition) is 3. The molecular formula is C29H26N2O3. The summed E-state index contributed by atoms with van der Waals surface area (Å²) < 4.78 is 5.33. The van der Waals surface area contributed by atoms with E-state index in [1.165, 1.54) is 5.56 Å². The number of ether oxygens (including phenoxy) is 1. The van der Waals surface area contributed by atoms with Crippen LogP contribution in [-0.2, 0) is 22.4 Å². The number of esters is 1. The van der Waals surface area contributed by atoms with Crippen LogP contribution in [0.4, 0.5) is 0 Å². The number of para-hydroxylation sites is 1. The zero-order chi connectivity index (χ0) is 23.5. The van der Waals surface area contributed by atoms with E-state index >= 15 is 0 Å². The van der Waals surface area contributed by atoms with Gasteiger partial charge in [0.1, 0.15) is 0 Å². The summed E-state index contributed by atoms with van der Waals surface area (Å²) in [7, 11) is 0. The van der Waals surface area contributed by atoms with Crippen molar-refractivity contribution in [2.75, 3.05) is 13.2 Å². The van der Waals surface area contributed by atoms with Gasteiger partial charge >= 0.3 is 5.97 Å². The molecule has 0 radical (unpaired) electrons. The summed E-state index contributed by atoms with van der Waals surface area (Å²) in [6, 6.07) is 25.9. The maximum atomic E-state index is 13.4. The summed E-state index contributed by atoms with van der Waals surface area (Å²) in [4.78, 5) is 31.3. The molecule has 0 fully saturated rings. The van der Waals surface area contributed by atoms with E-state index in [-0.39, 0.29) is 12.5 Å². The largest absolute Gasteiger partial charge is 0.462 e. The van der Waals surface area contributed by atoms with E-state index in [4.69, 9.17) is 4.74 Å². The minimum Gasteiger partial charge on any atom is -0.462 e. The van der Waals surface area contributed by atoms with Crippen molar-refractivity contribution in [1.82, 2.24) is 9.88 Å². The smallest absolute Gasteiger partial charge is 0.341 e. The van der Waals surface area contributed by atoms with Gasteiger partial charge in [0.05, 0.1) is 17.9 Å². The van der Waals surface area contributed by atoms with E-state index in [0.717, 1.165) is 34.1 Å². The van der Waals surface area contributed by atoms with E-state index in [1.807, 2.05) is 66.7 Å². The fourth-order valence-corrected chi connectivity index (χ4v) is 4.49. The standard InChI is InChI=1S/C29H26N2O3/c1-2-34-29(33)25-19-31(17-16-24-23-10-6-7-11-26(23)30-27(24)25)28(32)22-14-12-21(13-15-22)18-20-8-4-3-5-9-20/h3-15,19,30H,2,16-18H2,1H3. The maximum absolute atomic E-state index is 13.4. The average Bonchev–Trinajstić information content (AvgIpc) is 3.12. The van der Waals surface area contributed by atoms with Gasteiger partial charge in [0.15, 0.2) is 0 Å². The lowest BCUT2D eigenvalue weighted by molar-refractivity contribution is -0.136. The van der Waals surface area contributed by atoms with Gasteiger partial charge in [-0.25, -0.2) is 4.79 Å². The monoisotopic (exact) mass is 450 g/mol. The molecule has 170 valence electrons. The van der Waals surface area contributed by atoms with Gasteiger partial charge in [-0.15, -0.1) is 0 Å². The first-order chi connectivity index (χ1) is 16.6. The number of nitrogens with zero attached hydrogens (tertiary/aromatic N) is 1. The number of rotatable bonds is 5. The molecule has 1 amide bonds. The molecule has 0 saturated carbocycles. The van der Waals surface area contributed by atoms with Gasteiger partial charge in [-0.3, -0.25) is 4.79 Å². The molecule has 0 spiro atoms. The molecule has 1 N–H and O–H groups in total. The van der Waals surface area contributed by atoms with Crippen molar-refractivity contribution in [2.24, 2.45) is 0 Å². The number of aromatic nitrogens is 1. The quantitative estimate of drug-likeness (QED) is 0.416. The molecule has 0 aliphatic carbocycles. The molecule has 5 rings (SSSR count). The molecule has 0 bridgehead atoms. The fraction of sp³-hybridized carbons (Fsp3) is 0.172. The van der Waals surface area contributed by atoms with Gasteiger partial charge in [-0.2, -0.15) is 0 Å². The molecule has 3 aromatic carbocycles. The van der Waals surface area contributed by atoms with E-state index in [1.54, 1.807) is 18.0 Å². The van der Waals surface area contributed by atoms with Crippen molar-refractivity contribution < 1.29 is 14.3 Å². The Balaban J connectivity index is 1.44. The maximum Gasteiger partial charge on any atom is 0.341 e. The van der Waals surface area contributed by atoms with Crippen molar-refractivity contribution in [2.45, 2.75) is 19.8 Å². The number of hydrogen-bond donors (Lipinski definition) is 1. The average molecular weight is 451 g/mol. The molecule has 5 heteroatoms.